The summed E-state index contributed by atoms with van der Waals surface area (Å²) in [6, 6.07) is 8.13. The van der Waals surface area contributed by atoms with Gasteiger partial charge in [-0.25, -0.2) is 23.4 Å². The molecule has 0 fully saturated rings. The number of nitrogens with zero attached hydrogens (tertiary/aromatic N) is 4. The maximum absolute atomic E-state index is 11.6. The second-order valence-corrected chi connectivity index (χ2v) is 7.74. The fourth-order valence-electron chi connectivity index (χ4n) is 2.54. The molecule has 0 amide bonds. The molecule has 2 N–H and O–H groups in total. The smallest absolute Gasteiger partial charge is 0.175 e. The lowest BCUT2D eigenvalue weighted by atomic mass is 10.1. The summed E-state index contributed by atoms with van der Waals surface area (Å²) in [6.45, 7) is 0. The van der Waals surface area contributed by atoms with Gasteiger partial charge in [0.1, 0.15) is 0 Å². The summed E-state index contributed by atoms with van der Waals surface area (Å²) in [6.07, 6.45) is 5.92. The number of benzene rings is 1. The van der Waals surface area contributed by atoms with E-state index in [4.69, 9.17) is 5.73 Å². The van der Waals surface area contributed by atoms with Crippen molar-refractivity contribution < 1.29 is 8.42 Å². The minimum Gasteiger partial charge on any atom is -0.335 e. The fourth-order valence-corrected chi connectivity index (χ4v) is 3.17. The van der Waals surface area contributed by atoms with Crippen molar-refractivity contribution in [2.45, 2.75) is 4.90 Å². The molecule has 1 radical (unpaired) electrons. The number of nitrogens with one attached hydrogen (secondary N) is 2. The Hall–Kier alpha value is -3.33. The predicted octanol–water partition coefficient (Wildman–Crippen LogP) is 2.40. The molecule has 4 rings (SSSR count). The molecule has 0 atom stereocenters. The third-order valence-electron chi connectivity index (χ3n) is 3.86. The first-order chi connectivity index (χ1) is 12.4. The molecule has 129 valence electrons. The molecule has 0 aliphatic rings. The first kappa shape index (κ1) is 16.2. The van der Waals surface area contributed by atoms with Gasteiger partial charge in [-0.15, -0.1) is 0 Å². The zero-order valence-corrected chi connectivity index (χ0v) is 14.4. The Kier molecular flexibility index (Phi) is 3.66. The highest BCUT2D eigenvalue weighted by Gasteiger charge is 2.14. The maximum Gasteiger partial charge on any atom is 0.175 e. The molecule has 3 aromatic heterocycles. The van der Waals surface area contributed by atoms with Crippen molar-refractivity contribution in [1.29, 1.82) is 0 Å². The molecule has 0 bridgehead atoms. The van der Waals surface area contributed by atoms with Gasteiger partial charge in [0.2, 0.25) is 0 Å². The standard InChI is InChI=1S/C17H13N6O2S/c1-26(24,25)11-4-2-10(3-5-11)13-9-20-16(18)15(21-13)17-22-12-6-7-19-8-14(12)23-17/h2-9,18H,1H3,(H,22,23). The van der Waals surface area contributed by atoms with Crippen LogP contribution in [-0.4, -0.2) is 39.6 Å². The number of rotatable bonds is 3. The first-order valence-electron chi connectivity index (χ1n) is 7.61. The molecular weight excluding hydrogens is 352 g/mol. The van der Waals surface area contributed by atoms with Gasteiger partial charge in [0.15, 0.2) is 27.2 Å². The van der Waals surface area contributed by atoms with Crippen LogP contribution < -0.4 is 5.73 Å². The Labute approximate surface area is 149 Å². The van der Waals surface area contributed by atoms with Crippen LogP contribution >= 0.6 is 0 Å². The van der Waals surface area contributed by atoms with E-state index in [9.17, 15) is 8.42 Å². The molecule has 1 aromatic carbocycles. The van der Waals surface area contributed by atoms with E-state index in [2.05, 4.69) is 24.9 Å². The highest BCUT2D eigenvalue weighted by molar-refractivity contribution is 7.90. The van der Waals surface area contributed by atoms with E-state index >= 15 is 0 Å². The monoisotopic (exact) mass is 365 g/mol. The normalized spacial score (nSPS) is 11.7. The van der Waals surface area contributed by atoms with Gasteiger partial charge in [-0.3, -0.25) is 10.7 Å². The molecule has 0 aliphatic carbocycles. The molecule has 8 nitrogen and oxygen atoms in total. The highest BCUT2D eigenvalue weighted by atomic mass is 32.2. The molecule has 0 saturated heterocycles. The Bertz CT molecular complexity index is 1180. The van der Waals surface area contributed by atoms with Gasteiger partial charge in [-0.1, -0.05) is 12.1 Å². The van der Waals surface area contributed by atoms with Crippen LogP contribution in [0.25, 0.3) is 33.8 Å². The summed E-state index contributed by atoms with van der Waals surface area (Å²) < 4.78 is 23.2. The van der Waals surface area contributed by atoms with Gasteiger partial charge in [-0.2, -0.15) is 0 Å². The minimum absolute atomic E-state index is 0.00600. The SMILES string of the molecule is CS(=O)(=O)c1ccc(-c2cnc([NH])c(-c3nc4ccncc4[nH]3)n2)cc1. The Morgan fingerprint density at radius 2 is 1.81 bits per heavy atom. The summed E-state index contributed by atoms with van der Waals surface area (Å²) in [5.41, 5.74) is 11.0. The van der Waals surface area contributed by atoms with Crippen LogP contribution in [-0.2, 0) is 9.84 Å². The fraction of sp³-hybridized carbons (Fsp3) is 0.0588. The molecule has 0 aliphatic heterocycles. The summed E-state index contributed by atoms with van der Waals surface area (Å²) in [4.78, 5) is 20.3. The second-order valence-electron chi connectivity index (χ2n) is 5.73. The molecule has 9 heteroatoms. The molecule has 0 saturated carbocycles. The van der Waals surface area contributed by atoms with Crippen LogP contribution in [0, 0.1) is 0 Å². The van der Waals surface area contributed by atoms with Crippen molar-refractivity contribution in [3.05, 3.63) is 48.9 Å². The highest BCUT2D eigenvalue weighted by Crippen LogP contribution is 2.27. The molecule has 4 aromatic rings. The van der Waals surface area contributed by atoms with Gasteiger partial charge in [-0.05, 0) is 18.2 Å². The molecule has 0 unspecified atom stereocenters. The van der Waals surface area contributed by atoms with Crippen LogP contribution in [0.4, 0.5) is 5.82 Å². The number of aromatic nitrogens is 5. The van der Waals surface area contributed by atoms with E-state index in [0.29, 0.717) is 22.8 Å². The van der Waals surface area contributed by atoms with E-state index in [1.54, 1.807) is 30.6 Å². The number of sulfone groups is 1. The predicted molar refractivity (Wildman–Crippen MR) is 96.2 cm³/mol. The number of hydrogen-bond acceptors (Lipinski definition) is 6. The molecular formula is C17H13N6O2S. The largest absolute Gasteiger partial charge is 0.335 e. The van der Waals surface area contributed by atoms with Crippen molar-refractivity contribution in [3.63, 3.8) is 0 Å². The van der Waals surface area contributed by atoms with Crippen molar-refractivity contribution in [1.82, 2.24) is 30.7 Å². The van der Waals surface area contributed by atoms with Crippen molar-refractivity contribution in [2.75, 3.05) is 6.26 Å². The van der Waals surface area contributed by atoms with Crippen LogP contribution in [0.5, 0.6) is 0 Å². The van der Waals surface area contributed by atoms with Gasteiger partial charge < -0.3 is 4.98 Å². The van der Waals surface area contributed by atoms with E-state index in [-0.39, 0.29) is 10.7 Å². The third-order valence-corrected chi connectivity index (χ3v) is 4.99. The quantitative estimate of drug-likeness (QED) is 0.594. The lowest BCUT2D eigenvalue weighted by Crippen LogP contribution is -1.97. The average molecular weight is 365 g/mol. The van der Waals surface area contributed by atoms with Gasteiger partial charge in [0.25, 0.3) is 0 Å². The van der Waals surface area contributed by atoms with Crippen molar-refractivity contribution in [3.8, 4) is 22.8 Å². The third kappa shape index (κ3) is 2.88. The van der Waals surface area contributed by atoms with Crippen LogP contribution in [0.1, 0.15) is 0 Å². The number of pyridine rings is 1. The van der Waals surface area contributed by atoms with Crippen LogP contribution in [0.3, 0.4) is 0 Å². The zero-order valence-electron chi connectivity index (χ0n) is 13.6. The van der Waals surface area contributed by atoms with E-state index in [1.165, 1.54) is 18.3 Å². The van der Waals surface area contributed by atoms with Crippen LogP contribution in [0.2, 0.25) is 0 Å². The summed E-state index contributed by atoms with van der Waals surface area (Å²) in [7, 11) is -3.26. The molecule has 26 heavy (non-hydrogen) atoms. The summed E-state index contributed by atoms with van der Waals surface area (Å²) >= 11 is 0. The number of H-pyrrole nitrogens is 1. The van der Waals surface area contributed by atoms with E-state index < -0.39 is 9.84 Å². The molecule has 3 heterocycles. The maximum atomic E-state index is 11.6. The van der Waals surface area contributed by atoms with Gasteiger partial charge >= 0.3 is 0 Å². The Morgan fingerprint density at radius 3 is 2.50 bits per heavy atom. The number of fused-ring (bicyclic) bond motifs is 1. The minimum atomic E-state index is -3.26. The van der Waals surface area contributed by atoms with Crippen LogP contribution in [0.15, 0.2) is 53.8 Å². The van der Waals surface area contributed by atoms with Gasteiger partial charge in [0.05, 0.1) is 34.0 Å². The summed E-state index contributed by atoms with van der Waals surface area (Å²) in [5, 5.41) is 0. The number of imidazole rings is 1. The summed E-state index contributed by atoms with van der Waals surface area (Å²) in [5.74, 6) is 0.425. The second kappa shape index (κ2) is 5.88. The van der Waals surface area contributed by atoms with Crippen molar-refractivity contribution in [2.24, 2.45) is 0 Å². The Morgan fingerprint density at radius 1 is 1.04 bits per heavy atom. The first-order valence-corrected chi connectivity index (χ1v) is 9.50. The van der Waals surface area contributed by atoms with E-state index in [0.717, 1.165) is 17.3 Å². The van der Waals surface area contributed by atoms with Crippen molar-refractivity contribution >= 4 is 26.7 Å². The number of hydrogen-bond donors (Lipinski definition) is 1. The van der Waals surface area contributed by atoms with E-state index in [1.807, 2.05) is 0 Å². The average Bonchev–Trinajstić information content (AvgIpc) is 3.05. The van der Waals surface area contributed by atoms with Gasteiger partial charge in [0, 0.05) is 18.0 Å². The zero-order chi connectivity index (χ0) is 18.3. The molecule has 0 spiro atoms. The topological polar surface area (TPSA) is 125 Å². The lowest BCUT2D eigenvalue weighted by molar-refractivity contribution is 0.602. The lowest BCUT2D eigenvalue weighted by Gasteiger charge is -2.05. The number of aromatic amines is 1. The Balaban J connectivity index is 1.79.